The van der Waals surface area contributed by atoms with Gasteiger partial charge < -0.3 is 9.88 Å². The van der Waals surface area contributed by atoms with E-state index in [0.29, 0.717) is 55.6 Å². The maximum absolute atomic E-state index is 13.7. The predicted octanol–water partition coefficient (Wildman–Crippen LogP) is 5.86. The zero-order valence-electron chi connectivity index (χ0n) is 26.1. The lowest BCUT2D eigenvalue weighted by Crippen LogP contribution is -2.45. The second kappa shape index (κ2) is 12.8. The molecule has 45 heavy (non-hydrogen) atoms. The average Bonchev–Trinajstić information content (AvgIpc) is 3.46. The van der Waals surface area contributed by atoms with Crippen LogP contribution < -0.4 is 10.2 Å². The maximum atomic E-state index is 13.7. The van der Waals surface area contributed by atoms with Crippen molar-refractivity contribution < 1.29 is 22.0 Å². The van der Waals surface area contributed by atoms with Crippen LogP contribution in [0.3, 0.4) is 0 Å². The third-order valence-corrected chi connectivity index (χ3v) is 11.9. The molecule has 2 atom stereocenters. The number of carbonyl (C=O) groups is 1. The fourth-order valence-electron chi connectivity index (χ4n) is 7.44. The van der Waals surface area contributed by atoms with Gasteiger partial charge in [-0.3, -0.25) is 9.80 Å². The Labute approximate surface area is 264 Å². The molecule has 3 aliphatic heterocycles. The lowest BCUT2D eigenvalue weighted by molar-refractivity contribution is 0.104. The number of piperidine rings is 1. The van der Waals surface area contributed by atoms with Crippen LogP contribution in [0, 0.1) is 18.6 Å². The Morgan fingerprint density at radius 1 is 1.00 bits per heavy atom. The Bertz CT molecular complexity index is 1610. The van der Waals surface area contributed by atoms with E-state index in [4.69, 9.17) is 4.98 Å². The van der Waals surface area contributed by atoms with Gasteiger partial charge in [-0.25, -0.2) is 27.0 Å². The highest BCUT2D eigenvalue weighted by atomic mass is 32.2. The van der Waals surface area contributed by atoms with Crippen LogP contribution in [-0.2, 0) is 23.0 Å². The molecule has 2 saturated heterocycles. The number of carbonyl (C=O) groups excluding carboxylic acids is 1. The number of benzene rings is 2. The van der Waals surface area contributed by atoms with Gasteiger partial charge in [-0.1, -0.05) is 0 Å². The standard InChI is InChI=1S/C33H42F2N6O3S/c1-22(2)45(43,44)38-18-15-32-31(21-38)36-23(3)41(32)30-19-28-13-14-29(20-30)39(28)16-4-17-40(27-11-7-25(35)8-12-27)33(42)37-26-9-5-24(34)6-10-26/h5-12,22,28-30H,4,13-21H2,1-3H3,(H,37,42). The molecule has 0 spiro atoms. The van der Waals surface area contributed by atoms with Gasteiger partial charge in [0.25, 0.3) is 0 Å². The Balaban J connectivity index is 1.10. The highest BCUT2D eigenvalue weighted by molar-refractivity contribution is 7.89. The Kier molecular flexibility index (Phi) is 9.00. The minimum Gasteiger partial charge on any atom is -0.329 e. The molecule has 2 unspecified atom stereocenters. The van der Waals surface area contributed by atoms with Crippen molar-refractivity contribution in [3.63, 3.8) is 0 Å². The fourth-order valence-corrected chi connectivity index (χ4v) is 8.69. The van der Waals surface area contributed by atoms with Crippen molar-refractivity contribution in [2.45, 2.75) is 89.2 Å². The summed E-state index contributed by atoms with van der Waals surface area (Å²) in [6.07, 6.45) is 5.71. The van der Waals surface area contributed by atoms with Gasteiger partial charge >= 0.3 is 6.03 Å². The summed E-state index contributed by atoms with van der Waals surface area (Å²) in [5, 5.41) is 2.39. The van der Waals surface area contributed by atoms with E-state index in [1.54, 1.807) is 35.2 Å². The molecule has 3 aliphatic rings. The van der Waals surface area contributed by atoms with E-state index in [1.165, 1.54) is 42.1 Å². The van der Waals surface area contributed by atoms with Gasteiger partial charge in [0.05, 0.1) is 17.5 Å². The van der Waals surface area contributed by atoms with E-state index in [0.717, 1.165) is 50.2 Å². The third-order valence-electron chi connectivity index (χ3n) is 9.65. The molecule has 2 aromatic carbocycles. The van der Waals surface area contributed by atoms with Gasteiger partial charge in [0.2, 0.25) is 10.0 Å². The molecule has 3 aromatic rings. The third kappa shape index (κ3) is 6.50. The van der Waals surface area contributed by atoms with Crippen LogP contribution in [0.2, 0.25) is 0 Å². The molecule has 9 nitrogen and oxygen atoms in total. The first kappa shape index (κ1) is 31.6. The summed E-state index contributed by atoms with van der Waals surface area (Å²) in [7, 11) is -3.33. The number of imidazole rings is 1. The van der Waals surface area contributed by atoms with Crippen LogP contribution in [-0.4, -0.2) is 70.2 Å². The molecule has 6 rings (SSSR count). The summed E-state index contributed by atoms with van der Waals surface area (Å²) < 4.78 is 56.6. The number of sulfonamides is 1. The van der Waals surface area contributed by atoms with Crippen LogP contribution in [0.25, 0.3) is 0 Å². The van der Waals surface area contributed by atoms with Gasteiger partial charge in [0, 0.05) is 61.2 Å². The molecule has 4 heterocycles. The van der Waals surface area contributed by atoms with Crippen LogP contribution in [0.4, 0.5) is 25.0 Å². The fraction of sp³-hybridized carbons (Fsp3) is 0.515. The SMILES string of the molecule is Cc1nc2c(n1C1CC3CCC(C1)N3CCCN(C(=O)Nc1ccc(F)cc1)c1ccc(F)cc1)CCN(S(=O)(=O)C(C)C)C2. The van der Waals surface area contributed by atoms with Crippen LogP contribution in [0.1, 0.15) is 69.2 Å². The number of urea groups is 1. The van der Waals surface area contributed by atoms with E-state index in [9.17, 15) is 22.0 Å². The van der Waals surface area contributed by atoms with E-state index in [-0.39, 0.29) is 17.7 Å². The lowest BCUT2D eigenvalue weighted by atomic mass is 9.96. The number of nitrogens with zero attached hydrogens (tertiary/aromatic N) is 5. The number of rotatable bonds is 9. The molecule has 0 radical (unpaired) electrons. The summed E-state index contributed by atoms with van der Waals surface area (Å²) in [5.74, 6) is 0.210. The topological polar surface area (TPSA) is 90.8 Å². The zero-order chi connectivity index (χ0) is 31.9. The van der Waals surface area contributed by atoms with E-state index >= 15 is 0 Å². The number of halogens is 2. The second-order valence-electron chi connectivity index (χ2n) is 12.8. The average molecular weight is 641 g/mol. The number of amides is 2. The summed E-state index contributed by atoms with van der Waals surface area (Å²) >= 11 is 0. The molecule has 0 aliphatic carbocycles. The first-order valence-electron chi connectivity index (χ1n) is 15.9. The van der Waals surface area contributed by atoms with Crippen molar-refractivity contribution >= 4 is 27.4 Å². The molecule has 2 amide bonds. The summed E-state index contributed by atoms with van der Waals surface area (Å²) in [6.45, 7) is 7.60. The van der Waals surface area contributed by atoms with Gasteiger partial charge in [-0.05, 0) is 101 Å². The number of aryl methyl sites for hydroxylation is 1. The minimum absolute atomic E-state index is 0.334. The Morgan fingerprint density at radius 2 is 1.62 bits per heavy atom. The largest absolute Gasteiger partial charge is 0.329 e. The van der Waals surface area contributed by atoms with Crippen LogP contribution in [0.5, 0.6) is 0 Å². The van der Waals surface area contributed by atoms with Crippen LogP contribution >= 0.6 is 0 Å². The Morgan fingerprint density at radius 3 is 2.24 bits per heavy atom. The molecule has 1 N–H and O–H groups in total. The lowest BCUT2D eigenvalue weighted by Gasteiger charge is -2.41. The molecule has 242 valence electrons. The normalized spacial score (nSPS) is 22.0. The van der Waals surface area contributed by atoms with E-state index < -0.39 is 15.3 Å². The van der Waals surface area contributed by atoms with Crippen LogP contribution in [0.15, 0.2) is 48.5 Å². The number of aromatic nitrogens is 2. The molecule has 12 heteroatoms. The van der Waals surface area contributed by atoms with Gasteiger partial charge in [0.15, 0.2) is 0 Å². The minimum atomic E-state index is -3.33. The number of anilines is 2. The molecule has 2 bridgehead atoms. The molecular formula is C33H42F2N6O3S. The predicted molar refractivity (Wildman–Crippen MR) is 171 cm³/mol. The molecule has 0 saturated carbocycles. The van der Waals surface area contributed by atoms with Crippen molar-refractivity contribution in [2.75, 3.05) is 29.9 Å². The van der Waals surface area contributed by atoms with Gasteiger partial charge in [-0.2, -0.15) is 4.31 Å². The highest BCUT2D eigenvalue weighted by Gasteiger charge is 2.42. The van der Waals surface area contributed by atoms with Crippen molar-refractivity contribution in [3.8, 4) is 0 Å². The Hall–Kier alpha value is -3.35. The van der Waals surface area contributed by atoms with Gasteiger partial charge in [0.1, 0.15) is 17.5 Å². The van der Waals surface area contributed by atoms with Crippen molar-refractivity contribution in [1.29, 1.82) is 0 Å². The molecular weight excluding hydrogens is 598 g/mol. The summed E-state index contributed by atoms with van der Waals surface area (Å²) in [5.41, 5.74) is 3.15. The quantitative estimate of drug-likeness (QED) is 0.316. The second-order valence-corrected chi connectivity index (χ2v) is 15.3. The number of hydrogen-bond donors (Lipinski definition) is 1. The molecule has 2 fully saturated rings. The monoisotopic (exact) mass is 640 g/mol. The van der Waals surface area contributed by atoms with E-state index in [1.807, 2.05) is 6.92 Å². The summed E-state index contributed by atoms with van der Waals surface area (Å²) in [6, 6.07) is 12.3. The molecule has 1 aromatic heterocycles. The first-order valence-corrected chi connectivity index (χ1v) is 17.4. The smallest absolute Gasteiger partial charge is 0.326 e. The van der Waals surface area contributed by atoms with E-state index in [2.05, 4.69) is 14.8 Å². The summed E-state index contributed by atoms with van der Waals surface area (Å²) in [4.78, 5) is 22.4. The van der Waals surface area contributed by atoms with Crippen molar-refractivity contribution in [2.24, 2.45) is 0 Å². The number of nitrogens with one attached hydrogen (secondary N) is 1. The highest BCUT2D eigenvalue weighted by Crippen LogP contribution is 2.42. The first-order chi connectivity index (χ1) is 21.5. The maximum Gasteiger partial charge on any atom is 0.326 e. The zero-order valence-corrected chi connectivity index (χ0v) is 26.9. The number of hydrogen-bond acceptors (Lipinski definition) is 5. The van der Waals surface area contributed by atoms with Gasteiger partial charge in [-0.15, -0.1) is 0 Å². The number of fused-ring (bicyclic) bond motifs is 3. The van der Waals surface area contributed by atoms with Crippen molar-refractivity contribution in [1.82, 2.24) is 18.8 Å². The van der Waals surface area contributed by atoms with Crippen molar-refractivity contribution in [3.05, 3.63) is 77.4 Å².